The van der Waals surface area contributed by atoms with Crippen LogP contribution >= 0.6 is 11.6 Å². The fraction of sp³-hybridized carbons (Fsp3) is 0.269. The van der Waals surface area contributed by atoms with E-state index in [9.17, 15) is 14.7 Å². The van der Waals surface area contributed by atoms with Gasteiger partial charge in [0.2, 0.25) is 0 Å². The number of aromatic nitrogens is 1. The summed E-state index contributed by atoms with van der Waals surface area (Å²) in [4.78, 5) is 27.6. The number of amides is 1. The first-order chi connectivity index (χ1) is 16.8. The molecule has 1 aliphatic heterocycles. The van der Waals surface area contributed by atoms with Crippen molar-refractivity contribution in [2.45, 2.75) is 32.7 Å². The number of rotatable bonds is 8. The van der Waals surface area contributed by atoms with E-state index in [2.05, 4.69) is 12.1 Å². The summed E-state index contributed by atoms with van der Waals surface area (Å²) >= 11 is 5.98. The highest BCUT2D eigenvalue weighted by Gasteiger charge is 2.48. The number of hydrogen-bond acceptors (Lipinski definition) is 7. The number of aliphatic hydroxyl groups excluding tert-OH is 1. The van der Waals surface area contributed by atoms with Crippen molar-refractivity contribution < 1.29 is 28.7 Å². The highest BCUT2D eigenvalue weighted by atomic mass is 35.5. The third kappa shape index (κ3) is 4.74. The molecule has 1 aromatic heterocycles. The number of hydrogen-bond donors (Lipinski definition) is 1. The van der Waals surface area contributed by atoms with Gasteiger partial charge in [0.25, 0.3) is 5.78 Å². The molecule has 2 aromatic carbocycles. The molecule has 8 nitrogen and oxygen atoms in total. The molecule has 35 heavy (non-hydrogen) atoms. The zero-order chi connectivity index (χ0) is 25.1. The average Bonchev–Trinajstić information content (AvgIpc) is 3.39. The van der Waals surface area contributed by atoms with Crippen LogP contribution in [0.3, 0.4) is 0 Å². The van der Waals surface area contributed by atoms with Crippen molar-refractivity contribution in [3.63, 3.8) is 0 Å². The maximum absolute atomic E-state index is 13.2. The van der Waals surface area contributed by atoms with E-state index < -0.39 is 17.7 Å². The molecule has 3 aromatic rings. The highest BCUT2D eigenvalue weighted by molar-refractivity contribution is 6.51. The van der Waals surface area contributed by atoms with Gasteiger partial charge in [0.15, 0.2) is 17.3 Å². The SMILES string of the molecule is CCCCOc1ccc(C2/C(=C(\O)c3ccc(Cl)cc3)C(=O)C(=O)N2c2cc(C)on2)cc1OC. The van der Waals surface area contributed by atoms with E-state index in [0.29, 0.717) is 40.0 Å². The summed E-state index contributed by atoms with van der Waals surface area (Å²) in [7, 11) is 1.51. The van der Waals surface area contributed by atoms with Crippen LogP contribution in [0.25, 0.3) is 5.76 Å². The predicted molar refractivity (Wildman–Crippen MR) is 131 cm³/mol. The maximum atomic E-state index is 13.2. The van der Waals surface area contributed by atoms with Gasteiger partial charge < -0.3 is 19.1 Å². The summed E-state index contributed by atoms with van der Waals surface area (Å²) < 4.78 is 16.5. The first-order valence-electron chi connectivity index (χ1n) is 11.2. The molecule has 182 valence electrons. The van der Waals surface area contributed by atoms with Gasteiger partial charge in [0.1, 0.15) is 11.5 Å². The Morgan fingerprint density at radius 3 is 2.51 bits per heavy atom. The molecule has 0 aliphatic carbocycles. The van der Waals surface area contributed by atoms with Crippen LogP contribution in [-0.4, -0.2) is 35.7 Å². The van der Waals surface area contributed by atoms with Crippen LogP contribution in [0.2, 0.25) is 5.02 Å². The summed E-state index contributed by atoms with van der Waals surface area (Å²) in [5.41, 5.74) is 0.792. The minimum atomic E-state index is -0.978. The van der Waals surface area contributed by atoms with E-state index in [1.165, 1.54) is 12.0 Å². The van der Waals surface area contributed by atoms with E-state index in [-0.39, 0.29) is 17.2 Å². The Morgan fingerprint density at radius 1 is 1.14 bits per heavy atom. The molecule has 0 bridgehead atoms. The van der Waals surface area contributed by atoms with E-state index in [4.69, 9.17) is 25.6 Å². The number of anilines is 1. The van der Waals surface area contributed by atoms with Gasteiger partial charge in [-0.05, 0) is 55.3 Å². The lowest BCUT2D eigenvalue weighted by Gasteiger charge is -2.23. The molecule has 0 radical (unpaired) electrons. The van der Waals surface area contributed by atoms with Crippen LogP contribution in [0.5, 0.6) is 11.5 Å². The largest absolute Gasteiger partial charge is 0.507 e. The summed E-state index contributed by atoms with van der Waals surface area (Å²) in [6.07, 6.45) is 1.87. The van der Waals surface area contributed by atoms with Crippen molar-refractivity contribution in [3.05, 3.63) is 76.0 Å². The lowest BCUT2D eigenvalue weighted by molar-refractivity contribution is -0.132. The van der Waals surface area contributed by atoms with Crippen molar-refractivity contribution in [2.75, 3.05) is 18.6 Å². The van der Waals surface area contributed by atoms with E-state index in [1.54, 1.807) is 55.5 Å². The lowest BCUT2D eigenvalue weighted by Crippen LogP contribution is -2.29. The number of Topliss-reactive ketones (excluding diaryl/α,β-unsaturated/α-hetero) is 1. The normalized spacial score (nSPS) is 17.1. The Kier molecular flexibility index (Phi) is 7.12. The van der Waals surface area contributed by atoms with E-state index in [1.807, 2.05) is 0 Å². The Bertz CT molecular complexity index is 1280. The molecule has 1 atom stereocenters. The van der Waals surface area contributed by atoms with Gasteiger partial charge in [-0.3, -0.25) is 14.5 Å². The fourth-order valence-electron chi connectivity index (χ4n) is 3.91. The smallest absolute Gasteiger partial charge is 0.301 e. The zero-order valence-corrected chi connectivity index (χ0v) is 20.3. The van der Waals surface area contributed by atoms with Crippen molar-refractivity contribution in [1.82, 2.24) is 5.16 Å². The summed E-state index contributed by atoms with van der Waals surface area (Å²) in [6, 6.07) is 12.1. The number of benzene rings is 2. The zero-order valence-electron chi connectivity index (χ0n) is 19.6. The first-order valence-corrected chi connectivity index (χ1v) is 11.5. The number of aliphatic hydroxyl groups is 1. The minimum absolute atomic E-state index is 0.0836. The van der Waals surface area contributed by atoms with Crippen LogP contribution in [0.15, 0.2) is 58.6 Å². The number of methoxy groups -OCH3 is 1. The summed E-state index contributed by atoms with van der Waals surface area (Å²) in [5, 5.41) is 15.6. The highest BCUT2D eigenvalue weighted by Crippen LogP contribution is 2.44. The number of carbonyl (C=O) groups excluding carboxylic acids is 2. The van der Waals surface area contributed by atoms with Crippen molar-refractivity contribution in [1.29, 1.82) is 0 Å². The van der Waals surface area contributed by atoms with Crippen LogP contribution in [0, 0.1) is 6.92 Å². The van der Waals surface area contributed by atoms with E-state index in [0.717, 1.165) is 12.8 Å². The number of ether oxygens (including phenoxy) is 2. The van der Waals surface area contributed by atoms with Gasteiger partial charge in [0, 0.05) is 16.7 Å². The molecule has 4 rings (SSSR count). The maximum Gasteiger partial charge on any atom is 0.301 e. The van der Waals surface area contributed by atoms with Crippen LogP contribution in [0.1, 0.15) is 42.7 Å². The molecular formula is C26H25ClN2O6. The Morgan fingerprint density at radius 2 is 1.89 bits per heavy atom. The van der Waals surface area contributed by atoms with Gasteiger partial charge in [-0.1, -0.05) is 36.2 Å². The molecular weight excluding hydrogens is 472 g/mol. The molecule has 0 spiro atoms. The van der Waals surface area contributed by atoms with E-state index >= 15 is 0 Å². The molecule has 1 fully saturated rings. The topological polar surface area (TPSA) is 102 Å². The average molecular weight is 497 g/mol. The standard InChI is InChI=1S/C26H25ClN2O6/c1-4-5-12-34-19-11-8-17(14-20(19)33-3)23-22(24(30)16-6-9-18(27)10-7-16)25(31)26(32)29(23)21-13-15(2)35-28-21/h6-11,13-14,23,30H,4-5,12H2,1-3H3/b24-22+. The number of carbonyl (C=O) groups is 2. The minimum Gasteiger partial charge on any atom is -0.507 e. The Balaban J connectivity index is 1.87. The second kappa shape index (κ2) is 10.2. The van der Waals surface area contributed by atoms with Crippen LogP contribution in [0.4, 0.5) is 5.82 Å². The van der Waals surface area contributed by atoms with Gasteiger partial charge in [-0.2, -0.15) is 0 Å². The third-order valence-electron chi connectivity index (χ3n) is 5.68. The molecule has 2 heterocycles. The molecule has 0 saturated carbocycles. The summed E-state index contributed by atoms with van der Waals surface area (Å²) in [5.74, 6) is -0.396. The first kappa shape index (κ1) is 24.3. The molecule has 1 amide bonds. The quantitative estimate of drug-likeness (QED) is 0.191. The molecule has 1 N–H and O–H groups in total. The summed E-state index contributed by atoms with van der Waals surface area (Å²) in [6.45, 7) is 4.28. The lowest BCUT2D eigenvalue weighted by atomic mass is 9.95. The van der Waals surface area contributed by atoms with Crippen molar-refractivity contribution in [2.24, 2.45) is 0 Å². The second-order valence-electron chi connectivity index (χ2n) is 8.08. The third-order valence-corrected chi connectivity index (χ3v) is 5.94. The van der Waals surface area contributed by atoms with Crippen LogP contribution < -0.4 is 14.4 Å². The fourth-order valence-corrected chi connectivity index (χ4v) is 4.04. The Labute approximate surface area is 207 Å². The molecule has 1 unspecified atom stereocenters. The number of aryl methyl sites for hydroxylation is 1. The number of ketones is 1. The van der Waals surface area contributed by atoms with Gasteiger partial charge in [0.05, 0.1) is 25.3 Å². The molecule has 9 heteroatoms. The van der Waals surface area contributed by atoms with Gasteiger partial charge >= 0.3 is 5.91 Å². The predicted octanol–water partition coefficient (Wildman–Crippen LogP) is 5.45. The second-order valence-corrected chi connectivity index (χ2v) is 8.52. The van der Waals surface area contributed by atoms with Gasteiger partial charge in [-0.15, -0.1) is 0 Å². The molecule has 1 saturated heterocycles. The monoisotopic (exact) mass is 496 g/mol. The number of unbranched alkanes of at least 4 members (excludes halogenated alkanes) is 1. The Hall–Kier alpha value is -3.78. The molecule has 1 aliphatic rings. The number of halogens is 1. The van der Waals surface area contributed by atoms with Crippen molar-refractivity contribution in [3.8, 4) is 11.5 Å². The number of nitrogens with zero attached hydrogens (tertiary/aromatic N) is 2. The van der Waals surface area contributed by atoms with Crippen molar-refractivity contribution >= 4 is 34.9 Å². The van der Waals surface area contributed by atoms with Gasteiger partial charge in [-0.25, -0.2) is 0 Å². The van der Waals surface area contributed by atoms with Crippen LogP contribution in [-0.2, 0) is 9.59 Å².